The molecular formula is C15H12N2O4S. The molecule has 0 saturated heterocycles. The molecule has 0 aliphatic rings. The maximum Gasteiger partial charge on any atom is 0.355 e. The Balaban J connectivity index is 2.24. The van der Waals surface area contributed by atoms with Crippen LogP contribution in [0.4, 0.5) is 5.69 Å². The number of sulfone groups is 1. The summed E-state index contributed by atoms with van der Waals surface area (Å²) in [6.07, 6.45) is 0. The van der Waals surface area contributed by atoms with Crippen LogP contribution in [0.2, 0.25) is 0 Å². The number of anilines is 1. The number of hydrogen-bond acceptors (Lipinski definition) is 6. The molecular weight excluding hydrogens is 304 g/mol. The molecule has 2 aromatic carbocycles. The van der Waals surface area contributed by atoms with E-state index in [2.05, 4.69) is 5.43 Å². The number of rotatable bonds is 3. The van der Waals surface area contributed by atoms with E-state index >= 15 is 0 Å². The first kappa shape index (κ1) is 14.3. The van der Waals surface area contributed by atoms with Crippen LogP contribution < -0.4 is 16.9 Å². The van der Waals surface area contributed by atoms with Gasteiger partial charge in [0, 0.05) is 11.5 Å². The zero-order chi connectivity index (χ0) is 15.7. The zero-order valence-corrected chi connectivity index (χ0v) is 12.1. The molecule has 0 amide bonds. The van der Waals surface area contributed by atoms with E-state index < -0.39 is 15.5 Å². The Morgan fingerprint density at radius 1 is 1.00 bits per heavy atom. The Hall–Kier alpha value is -2.64. The number of benzene rings is 2. The lowest BCUT2D eigenvalue weighted by Gasteiger charge is -2.05. The highest BCUT2D eigenvalue weighted by Crippen LogP contribution is 2.23. The minimum Gasteiger partial charge on any atom is -0.422 e. The summed E-state index contributed by atoms with van der Waals surface area (Å²) in [5, 5.41) is 0.494. The fourth-order valence-corrected chi connectivity index (χ4v) is 3.41. The monoisotopic (exact) mass is 316 g/mol. The normalized spacial score (nSPS) is 11.5. The molecule has 3 rings (SSSR count). The second-order valence-corrected chi connectivity index (χ2v) is 6.53. The Bertz CT molecular complexity index is 995. The molecule has 3 N–H and O–H groups in total. The van der Waals surface area contributed by atoms with Gasteiger partial charge in [0.1, 0.15) is 5.58 Å². The molecule has 1 heterocycles. The van der Waals surface area contributed by atoms with Crippen molar-refractivity contribution in [1.29, 1.82) is 0 Å². The average molecular weight is 316 g/mol. The summed E-state index contributed by atoms with van der Waals surface area (Å²) in [4.78, 5) is 11.7. The Morgan fingerprint density at radius 2 is 1.73 bits per heavy atom. The van der Waals surface area contributed by atoms with Gasteiger partial charge in [-0.2, -0.15) is 0 Å². The van der Waals surface area contributed by atoms with Gasteiger partial charge in [0.05, 0.1) is 10.6 Å². The van der Waals surface area contributed by atoms with Crippen molar-refractivity contribution < 1.29 is 12.8 Å². The van der Waals surface area contributed by atoms with E-state index in [4.69, 9.17) is 10.3 Å². The minimum atomic E-state index is -3.92. The van der Waals surface area contributed by atoms with Crippen LogP contribution in [-0.2, 0) is 9.84 Å². The van der Waals surface area contributed by atoms with E-state index in [9.17, 15) is 13.2 Å². The predicted octanol–water partition coefficient (Wildman–Crippen LogP) is 1.91. The van der Waals surface area contributed by atoms with Crippen molar-refractivity contribution in [2.75, 3.05) is 5.43 Å². The number of nitrogens with one attached hydrogen (secondary N) is 1. The first-order valence-corrected chi connectivity index (χ1v) is 7.85. The third-order valence-electron chi connectivity index (χ3n) is 3.21. The molecule has 22 heavy (non-hydrogen) atoms. The predicted molar refractivity (Wildman–Crippen MR) is 82.2 cm³/mol. The lowest BCUT2D eigenvalue weighted by Crippen LogP contribution is -2.14. The SMILES string of the molecule is NNc1ccc2cc(S(=O)(=O)c3ccccc3)c(=O)oc2c1. The minimum absolute atomic E-state index is 0.0434. The average Bonchev–Trinajstić information content (AvgIpc) is 2.54. The molecule has 112 valence electrons. The molecule has 0 spiro atoms. The first-order valence-electron chi connectivity index (χ1n) is 6.37. The van der Waals surface area contributed by atoms with Crippen LogP contribution in [-0.4, -0.2) is 8.42 Å². The fraction of sp³-hybridized carbons (Fsp3) is 0. The molecule has 0 unspecified atom stereocenters. The van der Waals surface area contributed by atoms with Crippen LogP contribution in [0.1, 0.15) is 0 Å². The molecule has 3 aromatic rings. The Kier molecular flexibility index (Phi) is 3.44. The van der Waals surface area contributed by atoms with Gasteiger partial charge in [-0.3, -0.25) is 5.84 Å². The summed E-state index contributed by atoms with van der Waals surface area (Å²) in [5.41, 5.74) is 2.32. The summed E-state index contributed by atoms with van der Waals surface area (Å²) in [5.74, 6) is 5.29. The summed E-state index contributed by atoms with van der Waals surface area (Å²) >= 11 is 0. The van der Waals surface area contributed by atoms with E-state index in [1.165, 1.54) is 24.3 Å². The molecule has 0 aliphatic heterocycles. The molecule has 0 saturated carbocycles. The van der Waals surface area contributed by atoms with E-state index in [1.54, 1.807) is 30.3 Å². The molecule has 0 atom stereocenters. The van der Waals surface area contributed by atoms with Crippen LogP contribution in [0.5, 0.6) is 0 Å². The quantitative estimate of drug-likeness (QED) is 0.435. The Labute approximate surface area is 126 Å². The van der Waals surface area contributed by atoms with Crippen LogP contribution in [0.15, 0.2) is 73.6 Å². The topological polar surface area (TPSA) is 102 Å². The number of hydrazine groups is 1. The largest absolute Gasteiger partial charge is 0.422 e. The lowest BCUT2D eigenvalue weighted by atomic mass is 10.2. The van der Waals surface area contributed by atoms with Gasteiger partial charge < -0.3 is 9.84 Å². The number of nitrogens with two attached hydrogens (primary N) is 1. The summed E-state index contributed by atoms with van der Waals surface area (Å²) < 4.78 is 30.2. The van der Waals surface area contributed by atoms with Gasteiger partial charge >= 0.3 is 5.63 Å². The summed E-state index contributed by atoms with van der Waals surface area (Å²) in [6, 6.07) is 13.9. The van der Waals surface area contributed by atoms with Crippen molar-refractivity contribution in [3.63, 3.8) is 0 Å². The van der Waals surface area contributed by atoms with E-state index in [1.807, 2.05) is 0 Å². The van der Waals surface area contributed by atoms with Crippen molar-refractivity contribution >= 4 is 26.5 Å². The maximum atomic E-state index is 12.5. The van der Waals surface area contributed by atoms with Crippen LogP contribution in [0.3, 0.4) is 0 Å². The third-order valence-corrected chi connectivity index (χ3v) is 4.97. The maximum absolute atomic E-state index is 12.5. The lowest BCUT2D eigenvalue weighted by molar-refractivity contribution is 0.532. The second-order valence-electron chi connectivity index (χ2n) is 4.61. The highest BCUT2D eigenvalue weighted by atomic mass is 32.2. The van der Waals surface area contributed by atoms with Crippen molar-refractivity contribution in [1.82, 2.24) is 0 Å². The molecule has 1 aromatic heterocycles. The van der Waals surface area contributed by atoms with Crippen LogP contribution in [0, 0.1) is 0 Å². The molecule has 0 bridgehead atoms. The number of fused-ring (bicyclic) bond motifs is 1. The van der Waals surface area contributed by atoms with Crippen molar-refractivity contribution in [2.45, 2.75) is 9.79 Å². The van der Waals surface area contributed by atoms with Gasteiger partial charge in [0.2, 0.25) is 9.84 Å². The van der Waals surface area contributed by atoms with Gasteiger partial charge in [-0.25, -0.2) is 13.2 Å². The number of hydrogen-bond donors (Lipinski definition) is 2. The Morgan fingerprint density at radius 3 is 2.41 bits per heavy atom. The van der Waals surface area contributed by atoms with Gasteiger partial charge in [-0.1, -0.05) is 18.2 Å². The summed E-state index contributed by atoms with van der Waals surface area (Å²) in [7, 11) is -3.92. The van der Waals surface area contributed by atoms with Gasteiger partial charge in [-0.05, 0) is 30.3 Å². The highest BCUT2D eigenvalue weighted by Gasteiger charge is 2.23. The van der Waals surface area contributed by atoms with Crippen LogP contribution in [0.25, 0.3) is 11.0 Å². The van der Waals surface area contributed by atoms with Crippen molar-refractivity contribution in [2.24, 2.45) is 5.84 Å². The van der Waals surface area contributed by atoms with Crippen LogP contribution >= 0.6 is 0 Å². The second kappa shape index (κ2) is 5.28. The smallest absolute Gasteiger partial charge is 0.355 e. The van der Waals surface area contributed by atoms with E-state index in [0.717, 1.165) is 0 Å². The van der Waals surface area contributed by atoms with Gasteiger partial charge in [0.25, 0.3) is 0 Å². The van der Waals surface area contributed by atoms with E-state index in [0.29, 0.717) is 11.1 Å². The van der Waals surface area contributed by atoms with Gasteiger partial charge in [0.15, 0.2) is 4.90 Å². The molecule has 7 heteroatoms. The zero-order valence-electron chi connectivity index (χ0n) is 11.3. The standard InChI is InChI=1S/C15H12N2O4S/c16-17-11-7-6-10-8-14(15(18)21-13(10)9-11)22(19,20)12-4-2-1-3-5-12/h1-9,17H,16H2. The third kappa shape index (κ3) is 2.36. The first-order chi connectivity index (χ1) is 10.5. The number of nitrogen functional groups attached to an aromatic ring is 1. The highest BCUT2D eigenvalue weighted by molar-refractivity contribution is 7.91. The molecule has 6 nitrogen and oxygen atoms in total. The molecule has 0 aliphatic carbocycles. The van der Waals surface area contributed by atoms with E-state index in [-0.39, 0.29) is 15.4 Å². The molecule has 0 radical (unpaired) electrons. The summed E-state index contributed by atoms with van der Waals surface area (Å²) in [6.45, 7) is 0. The fourth-order valence-electron chi connectivity index (χ4n) is 2.10. The van der Waals surface area contributed by atoms with Crippen molar-refractivity contribution in [3.8, 4) is 0 Å². The molecule has 0 fully saturated rings. The van der Waals surface area contributed by atoms with Gasteiger partial charge in [-0.15, -0.1) is 0 Å². The van der Waals surface area contributed by atoms with Crippen molar-refractivity contribution in [3.05, 3.63) is 65.0 Å².